The molecule has 0 N–H and O–H groups in total. The summed E-state index contributed by atoms with van der Waals surface area (Å²) >= 11 is 0. The summed E-state index contributed by atoms with van der Waals surface area (Å²) in [6, 6.07) is 73.3. The summed E-state index contributed by atoms with van der Waals surface area (Å²) in [5, 5.41) is 9.26. The number of hydrogen-bond donors (Lipinski definition) is 0. The van der Waals surface area contributed by atoms with Crippen LogP contribution in [0.15, 0.2) is 217 Å². The minimum Gasteiger partial charge on any atom is -0.455 e. The molecule has 310 valence electrons. The summed E-state index contributed by atoms with van der Waals surface area (Å²) in [5.74, 6) is 2.04. The van der Waals surface area contributed by atoms with Crippen LogP contribution in [-0.4, -0.2) is 15.0 Å². The van der Waals surface area contributed by atoms with Crippen LogP contribution >= 0.6 is 0 Å². The zero-order valence-electron chi connectivity index (χ0n) is 36.2. The average molecular weight is 844 g/mol. The van der Waals surface area contributed by atoms with Gasteiger partial charge < -0.3 is 4.42 Å². The Labute approximate surface area is 382 Å². The van der Waals surface area contributed by atoms with E-state index < -0.39 is 5.41 Å². The number of para-hydroxylation sites is 1. The van der Waals surface area contributed by atoms with E-state index in [0.29, 0.717) is 11.6 Å². The topological polar surface area (TPSA) is 51.8 Å². The Kier molecular flexibility index (Phi) is 8.69. The molecule has 0 aliphatic heterocycles. The zero-order valence-corrected chi connectivity index (χ0v) is 36.2. The summed E-state index contributed by atoms with van der Waals surface area (Å²) in [6.45, 7) is 2.30. The van der Waals surface area contributed by atoms with Crippen molar-refractivity contribution in [2.24, 2.45) is 0 Å². The van der Waals surface area contributed by atoms with Crippen molar-refractivity contribution >= 4 is 60.3 Å². The van der Waals surface area contributed by atoms with E-state index in [9.17, 15) is 0 Å². The van der Waals surface area contributed by atoms with Gasteiger partial charge in [0.2, 0.25) is 0 Å². The van der Waals surface area contributed by atoms with Gasteiger partial charge in [0.25, 0.3) is 0 Å². The Morgan fingerprint density at radius 3 is 1.88 bits per heavy atom. The van der Waals surface area contributed by atoms with Crippen molar-refractivity contribution < 1.29 is 4.42 Å². The summed E-state index contributed by atoms with van der Waals surface area (Å²) in [4.78, 5) is 16.4. The molecular formula is C62H41N3O. The van der Waals surface area contributed by atoms with Crippen molar-refractivity contribution in [1.82, 2.24) is 15.0 Å². The Balaban J connectivity index is 1.01. The van der Waals surface area contributed by atoms with Crippen molar-refractivity contribution in [3.63, 3.8) is 0 Å². The first-order chi connectivity index (χ1) is 32.6. The molecule has 4 nitrogen and oxygen atoms in total. The molecule has 66 heavy (non-hydrogen) atoms. The zero-order chi connectivity index (χ0) is 43.8. The van der Waals surface area contributed by atoms with Gasteiger partial charge in [0.15, 0.2) is 11.6 Å². The van der Waals surface area contributed by atoms with Gasteiger partial charge in [-0.05, 0) is 103 Å². The Morgan fingerprint density at radius 2 is 1.05 bits per heavy atom. The van der Waals surface area contributed by atoms with Crippen LogP contribution in [0.25, 0.3) is 116 Å². The van der Waals surface area contributed by atoms with E-state index in [1.54, 1.807) is 0 Å². The highest BCUT2D eigenvalue weighted by molar-refractivity contribution is 6.16. The van der Waals surface area contributed by atoms with Crippen LogP contribution in [0.2, 0.25) is 0 Å². The van der Waals surface area contributed by atoms with Gasteiger partial charge in [0.05, 0.1) is 5.41 Å². The van der Waals surface area contributed by atoms with Gasteiger partial charge in [0, 0.05) is 27.5 Å². The molecule has 0 radical (unpaired) electrons. The maximum atomic E-state index is 6.73. The third-order valence-electron chi connectivity index (χ3n) is 13.8. The van der Waals surface area contributed by atoms with Crippen LogP contribution in [0.4, 0.5) is 0 Å². The summed E-state index contributed by atoms with van der Waals surface area (Å²) in [5.41, 5.74) is 12.3. The number of fused-ring (bicyclic) bond motifs is 8. The molecule has 0 fully saturated rings. The van der Waals surface area contributed by atoms with Crippen LogP contribution < -0.4 is 0 Å². The number of aromatic nitrogens is 3. The number of nitrogens with zero attached hydrogens (tertiary/aromatic N) is 3. The lowest BCUT2D eigenvalue weighted by molar-refractivity contribution is 0.533. The fourth-order valence-electron chi connectivity index (χ4n) is 10.5. The molecule has 10 aromatic carbocycles. The Hall–Kier alpha value is -8.47. The van der Waals surface area contributed by atoms with E-state index in [1.165, 1.54) is 32.8 Å². The molecule has 1 atom stereocenters. The molecule has 12 aromatic rings. The molecular weight excluding hydrogens is 803 g/mol. The van der Waals surface area contributed by atoms with Gasteiger partial charge >= 0.3 is 0 Å². The molecule has 4 heteroatoms. The second-order valence-corrected chi connectivity index (χ2v) is 17.6. The van der Waals surface area contributed by atoms with E-state index in [1.807, 2.05) is 0 Å². The predicted octanol–water partition coefficient (Wildman–Crippen LogP) is 16.3. The lowest BCUT2D eigenvalue weighted by Crippen LogP contribution is -2.29. The molecule has 1 unspecified atom stereocenters. The van der Waals surface area contributed by atoms with Gasteiger partial charge in [-0.25, -0.2) is 15.0 Å². The second-order valence-electron chi connectivity index (χ2n) is 17.6. The Morgan fingerprint density at radius 1 is 0.424 bits per heavy atom. The Bertz CT molecular complexity index is 3930. The minimum absolute atomic E-state index is 0.591. The van der Waals surface area contributed by atoms with Crippen molar-refractivity contribution in [3.05, 3.63) is 229 Å². The number of hydrogen-bond acceptors (Lipinski definition) is 4. The van der Waals surface area contributed by atoms with E-state index in [2.05, 4.69) is 225 Å². The molecule has 1 aliphatic rings. The van der Waals surface area contributed by atoms with E-state index in [0.717, 1.165) is 89.3 Å². The van der Waals surface area contributed by atoms with E-state index >= 15 is 0 Å². The summed E-state index contributed by atoms with van der Waals surface area (Å²) in [7, 11) is 0. The maximum Gasteiger partial charge on any atom is 0.164 e. The fraction of sp³-hybridized carbons (Fsp3) is 0.0484. The third kappa shape index (κ3) is 6.03. The SMILES string of the molecule is CC1(c2nc(-c3ccc4c(ccc5ccccc54)c3)nc(-c3ccc(-c4ccccc4)c4ccccc34)n2)CC=Cc2c(-c3cccc4oc5c(-c6ccccc6)cccc5c34)cccc21. The highest BCUT2D eigenvalue weighted by atomic mass is 16.3. The molecule has 0 amide bonds. The highest BCUT2D eigenvalue weighted by Gasteiger charge is 2.37. The first-order valence-electron chi connectivity index (χ1n) is 22.7. The third-order valence-corrected chi connectivity index (χ3v) is 13.8. The van der Waals surface area contributed by atoms with Crippen molar-refractivity contribution in [2.75, 3.05) is 0 Å². The molecule has 0 saturated heterocycles. The molecule has 1 aliphatic carbocycles. The van der Waals surface area contributed by atoms with Crippen LogP contribution in [0, 0.1) is 0 Å². The summed E-state index contributed by atoms with van der Waals surface area (Å²) < 4.78 is 6.73. The van der Waals surface area contributed by atoms with Gasteiger partial charge in [0.1, 0.15) is 17.0 Å². The van der Waals surface area contributed by atoms with Gasteiger partial charge in [-0.1, -0.05) is 200 Å². The quantitative estimate of drug-likeness (QED) is 0.157. The first-order valence-corrected chi connectivity index (χ1v) is 22.7. The molecule has 0 bridgehead atoms. The van der Waals surface area contributed by atoms with Crippen molar-refractivity contribution in [2.45, 2.75) is 18.8 Å². The van der Waals surface area contributed by atoms with Gasteiger partial charge in [-0.3, -0.25) is 0 Å². The van der Waals surface area contributed by atoms with E-state index in [4.69, 9.17) is 19.4 Å². The monoisotopic (exact) mass is 843 g/mol. The normalized spacial score (nSPS) is 14.7. The number of allylic oxidation sites excluding steroid dienone is 1. The van der Waals surface area contributed by atoms with Gasteiger partial charge in [-0.15, -0.1) is 0 Å². The average Bonchev–Trinajstić information content (AvgIpc) is 3.78. The fourth-order valence-corrected chi connectivity index (χ4v) is 10.5. The molecule has 2 aromatic heterocycles. The van der Waals surface area contributed by atoms with Crippen molar-refractivity contribution in [1.29, 1.82) is 0 Å². The predicted molar refractivity (Wildman–Crippen MR) is 273 cm³/mol. The maximum absolute atomic E-state index is 6.73. The minimum atomic E-state index is -0.591. The number of benzene rings is 10. The standard InChI is InChI=1S/C62H41N3O/c1-62(37-15-28-51-50(25-13-29-55(51)62)52-26-14-30-56-57(52)54-27-12-24-47(58(54)66-56)40-18-6-3-7-19-40)61-64-59(43-33-34-46-42(38-43)32-31-41-20-8-9-21-44(41)46)63-60(65-61)53-36-35-45(39-16-4-2-5-17-39)48-22-10-11-23-49(48)53/h2-36,38H,37H2,1H3. The van der Waals surface area contributed by atoms with Crippen LogP contribution in [0.3, 0.4) is 0 Å². The lowest BCUT2D eigenvalue weighted by atomic mass is 9.71. The number of furan rings is 1. The van der Waals surface area contributed by atoms with Crippen LogP contribution in [-0.2, 0) is 5.41 Å². The second kappa shape index (κ2) is 15.1. The summed E-state index contributed by atoms with van der Waals surface area (Å²) in [6.07, 6.45) is 5.31. The van der Waals surface area contributed by atoms with Crippen LogP contribution in [0.1, 0.15) is 30.3 Å². The number of rotatable bonds is 6. The lowest BCUT2D eigenvalue weighted by Gasteiger charge is -2.33. The van der Waals surface area contributed by atoms with E-state index in [-0.39, 0.29) is 0 Å². The highest BCUT2D eigenvalue weighted by Crippen LogP contribution is 2.47. The molecule has 0 saturated carbocycles. The van der Waals surface area contributed by atoms with Gasteiger partial charge in [-0.2, -0.15) is 0 Å². The largest absolute Gasteiger partial charge is 0.455 e. The smallest absolute Gasteiger partial charge is 0.164 e. The van der Waals surface area contributed by atoms with Crippen LogP contribution in [0.5, 0.6) is 0 Å². The molecule has 2 heterocycles. The first kappa shape index (κ1) is 38.0. The molecule has 13 rings (SSSR count). The molecule has 0 spiro atoms. The van der Waals surface area contributed by atoms with Crippen molar-refractivity contribution in [3.8, 4) is 56.2 Å².